The van der Waals surface area contributed by atoms with Crippen molar-refractivity contribution in [2.45, 2.75) is 72.1 Å². The summed E-state index contributed by atoms with van der Waals surface area (Å²) in [5, 5.41) is 0. The number of aromatic nitrogens is 1. The Hall–Kier alpha value is -2.11. The molecule has 25 heavy (non-hydrogen) atoms. The van der Waals surface area contributed by atoms with Gasteiger partial charge in [0.15, 0.2) is 0 Å². The molecule has 1 aliphatic rings. The van der Waals surface area contributed by atoms with E-state index in [-0.39, 0.29) is 18.0 Å². The van der Waals surface area contributed by atoms with Crippen LogP contribution in [0.15, 0.2) is 18.3 Å². The van der Waals surface area contributed by atoms with Gasteiger partial charge in [-0.25, -0.2) is 9.78 Å². The fraction of sp³-hybridized carbons (Fsp3) is 0.632. The Morgan fingerprint density at radius 3 is 2.48 bits per heavy atom. The summed E-state index contributed by atoms with van der Waals surface area (Å²) in [6.07, 6.45) is 3.30. The molecule has 0 spiro atoms. The zero-order chi connectivity index (χ0) is 18.8. The summed E-state index contributed by atoms with van der Waals surface area (Å²) in [5.41, 5.74) is 0.444. The maximum absolute atomic E-state index is 12.5. The third-order valence-electron chi connectivity index (χ3n) is 4.17. The maximum Gasteiger partial charge on any atom is 0.416 e. The van der Waals surface area contributed by atoms with Crippen LogP contribution in [-0.4, -0.2) is 40.1 Å². The molecular weight excluding hydrogens is 318 g/mol. The summed E-state index contributed by atoms with van der Waals surface area (Å²) in [7, 11) is 0. The fourth-order valence-electron chi connectivity index (χ4n) is 3.11. The van der Waals surface area contributed by atoms with Crippen molar-refractivity contribution in [1.82, 2.24) is 9.88 Å². The van der Waals surface area contributed by atoms with E-state index in [2.05, 4.69) is 4.98 Å². The third kappa shape index (κ3) is 4.71. The molecule has 1 aromatic heterocycles. The predicted molar refractivity (Wildman–Crippen MR) is 97.4 cm³/mol. The van der Waals surface area contributed by atoms with Gasteiger partial charge in [0.25, 0.3) is 0 Å². The first-order chi connectivity index (χ1) is 11.6. The van der Waals surface area contributed by atoms with Crippen molar-refractivity contribution >= 4 is 17.8 Å². The summed E-state index contributed by atoms with van der Waals surface area (Å²) < 4.78 is 5.49. The number of pyridine rings is 1. The Bertz CT molecular complexity index is 620. The van der Waals surface area contributed by atoms with E-state index >= 15 is 0 Å². The number of anilines is 1. The number of carbonyl (C=O) groups is 2. The summed E-state index contributed by atoms with van der Waals surface area (Å²) >= 11 is 0. The fourth-order valence-corrected chi connectivity index (χ4v) is 3.11. The Balaban J connectivity index is 2.21. The maximum atomic E-state index is 12.5. The number of carbonyl (C=O) groups excluding carboxylic acids is 2. The van der Waals surface area contributed by atoms with Gasteiger partial charge in [0.2, 0.25) is 5.91 Å². The van der Waals surface area contributed by atoms with Crippen LogP contribution in [0.5, 0.6) is 0 Å². The molecule has 6 nitrogen and oxygen atoms in total. The van der Waals surface area contributed by atoms with E-state index in [9.17, 15) is 9.59 Å². The molecular formula is C19H29N3O3. The molecule has 0 saturated carbocycles. The van der Waals surface area contributed by atoms with E-state index < -0.39 is 11.7 Å². The Morgan fingerprint density at radius 2 is 2.00 bits per heavy atom. The molecule has 0 aromatic carbocycles. The number of amides is 2. The highest BCUT2D eigenvalue weighted by atomic mass is 16.6. The normalized spacial score (nSPS) is 17.7. The highest BCUT2D eigenvalue weighted by molar-refractivity contribution is 5.87. The Morgan fingerprint density at radius 1 is 1.32 bits per heavy atom. The van der Waals surface area contributed by atoms with Crippen molar-refractivity contribution in [2.24, 2.45) is 0 Å². The molecule has 1 aromatic rings. The van der Waals surface area contributed by atoms with Gasteiger partial charge in [-0.2, -0.15) is 0 Å². The van der Waals surface area contributed by atoms with Crippen LogP contribution in [0.1, 0.15) is 66.0 Å². The van der Waals surface area contributed by atoms with Crippen LogP contribution in [0.2, 0.25) is 0 Å². The predicted octanol–water partition coefficient (Wildman–Crippen LogP) is 3.91. The smallest absolute Gasteiger partial charge is 0.416 e. The minimum atomic E-state index is -0.560. The average Bonchev–Trinajstić information content (AvgIpc) is 2.95. The molecule has 2 rings (SSSR count). The molecule has 2 amide bonds. The first kappa shape index (κ1) is 19.2. The van der Waals surface area contributed by atoms with E-state index in [1.807, 2.05) is 51.7 Å². The second kappa shape index (κ2) is 7.42. The van der Waals surface area contributed by atoms with Crippen molar-refractivity contribution in [3.8, 4) is 0 Å². The van der Waals surface area contributed by atoms with Gasteiger partial charge in [-0.05, 0) is 59.1 Å². The molecule has 1 fully saturated rings. The second-order valence-corrected chi connectivity index (χ2v) is 7.76. The average molecular weight is 347 g/mol. The van der Waals surface area contributed by atoms with E-state index in [1.54, 1.807) is 18.0 Å². The van der Waals surface area contributed by atoms with E-state index in [0.29, 0.717) is 5.82 Å². The van der Waals surface area contributed by atoms with E-state index in [1.165, 1.54) is 0 Å². The lowest BCUT2D eigenvalue weighted by Crippen LogP contribution is -2.41. The molecule has 6 heteroatoms. The number of rotatable bonds is 3. The molecule has 1 aliphatic heterocycles. The second-order valence-electron chi connectivity index (χ2n) is 7.76. The standard InChI is InChI=1S/C19H29N3O3/c1-13(2)22(18(24)25-19(4,5)6)17-10-9-15(12-20-17)16-8-7-11-21(16)14(3)23/h9-10,12-13,16H,7-8,11H2,1-6H3/t16-/m1/s1. The van der Waals surface area contributed by atoms with Crippen molar-refractivity contribution in [3.05, 3.63) is 23.9 Å². The van der Waals surface area contributed by atoms with Crippen molar-refractivity contribution in [3.63, 3.8) is 0 Å². The highest BCUT2D eigenvalue weighted by Gasteiger charge is 2.29. The molecule has 0 bridgehead atoms. The van der Waals surface area contributed by atoms with Crippen molar-refractivity contribution in [2.75, 3.05) is 11.4 Å². The summed E-state index contributed by atoms with van der Waals surface area (Å²) in [5.74, 6) is 0.643. The van der Waals surface area contributed by atoms with Crippen LogP contribution in [0.25, 0.3) is 0 Å². The van der Waals surface area contributed by atoms with Crippen LogP contribution in [0, 0.1) is 0 Å². The van der Waals surface area contributed by atoms with Crippen LogP contribution < -0.4 is 4.90 Å². The summed E-state index contributed by atoms with van der Waals surface area (Å²) in [4.78, 5) is 32.2. The van der Waals surface area contributed by atoms with Crippen LogP contribution in [0.4, 0.5) is 10.6 Å². The number of nitrogens with zero attached hydrogens (tertiary/aromatic N) is 3. The molecule has 0 radical (unpaired) electrons. The van der Waals surface area contributed by atoms with Crippen LogP contribution in [0.3, 0.4) is 0 Å². The molecule has 138 valence electrons. The zero-order valence-electron chi connectivity index (χ0n) is 16.1. The lowest BCUT2D eigenvalue weighted by molar-refractivity contribution is -0.129. The largest absolute Gasteiger partial charge is 0.443 e. The van der Waals surface area contributed by atoms with Crippen molar-refractivity contribution < 1.29 is 14.3 Å². The highest BCUT2D eigenvalue weighted by Crippen LogP contribution is 2.32. The quantitative estimate of drug-likeness (QED) is 0.831. The first-order valence-corrected chi connectivity index (χ1v) is 8.85. The van der Waals surface area contributed by atoms with E-state index in [4.69, 9.17) is 4.74 Å². The third-order valence-corrected chi connectivity index (χ3v) is 4.17. The Labute approximate surface area is 150 Å². The minimum absolute atomic E-state index is 0.0756. The molecule has 2 heterocycles. The van der Waals surface area contributed by atoms with Gasteiger partial charge >= 0.3 is 6.09 Å². The van der Waals surface area contributed by atoms with Gasteiger partial charge in [-0.15, -0.1) is 0 Å². The first-order valence-electron chi connectivity index (χ1n) is 8.85. The number of ether oxygens (including phenoxy) is 1. The van der Waals surface area contributed by atoms with Gasteiger partial charge in [-0.1, -0.05) is 6.07 Å². The molecule has 0 N–H and O–H groups in total. The van der Waals surface area contributed by atoms with E-state index in [0.717, 1.165) is 24.9 Å². The number of hydrogen-bond acceptors (Lipinski definition) is 4. The number of likely N-dealkylation sites (tertiary alicyclic amines) is 1. The lowest BCUT2D eigenvalue weighted by Gasteiger charge is -2.29. The molecule has 0 unspecified atom stereocenters. The molecule has 1 atom stereocenters. The molecule has 1 saturated heterocycles. The molecule has 0 aliphatic carbocycles. The topological polar surface area (TPSA) is 62.7 Å². The monoisotopic (exact) mass is 347 g/mol. The van der Waals surface area contributed by atoms with Crippen LogP contribution >= 0.6 is 0 Å². The SMILES string of the molecule is CC(=O)N1CCC[C@@H]1c1ccc(N(C(=O)OC(C)(C)C)C(C)C)nc1. The number of hydrogen-bond donors (Lipinski definition) is 0. The van der Waals surface area contributed by atoms with Gasteiger partial charge in [0.1, 0.15) is 11.4 Å². The van der Waals surface area contributed by atoms with Gasteiger partial charge in [0.05, 0.1) is 6.04 Å². The lowest BCUT2D eigenvalue weighted by atomic mass is 10.1. The Kier molecular flexibility index (Phi) is 5.70. The van der Waals surface area contributed by atoms with Crippen LogP contribution in [-0.2, 0) is 9.53 Å². The summed E-state index contributed by atoms with van der Waals surface area (Å²) in [6, 6.07) is 3.78. The van der Waals surface area contributed by atoms with Crippen molar-refractivity contribution in [1.29, 1.82) is 0 Å². The summed E-state index contributed by atoms with van der Waals surface area (Å²) in [6.45, 7) is 11.8. The minimum Gasteiger partial charge on any atom is -0.443 e. The zero-order valence-corrected chi connectivity index (χ0v) is 16.1. The van der Waals surface area contributed by atoms with Gasteiger partial charge in [0, 0.05) is 25.7 Å². The van der Waals surface area contributed by atoms with Gasteiger partial charge < -0.3 is 9.64 Å². The van der Waals surface area contributed by atoms with Gasteiger partial charge in [-0.3, -0.25) is 9.69 Å².